The smallest absolute Gasteiger partial charge is 0.254 e. The van der Waals surface area contributed by atoms with E-state index in [-0.39, 0.29) is 17.2 Å². The first kappa shape index (κ1) is 14.7. The summed E-state index contributed by atoms with van der Waals surface area (Å²) in [5.41, 5.74) is 6.54. The maximum absolute atomic E-state index is 12.3. The molecular weight excluding hydrogens is 270 g/mol. The number of amides is 1. The molecule has 0 saturated carbocycles. The highest BCUT2D eigenvalue weighted by atomic mass is 32.2. The fraction of sp³-hybridized carbons (Fsp3) is 0.333. The summed E-state index contributed by atoms with van der Waals surface area (Å²) in [5, 5.41) is 7.63. The summed E-state index contributed by atoms with van der Waals surface area (Å²) in [6.45, 7) is 0. The Kier molecular flexibility index (Phi) is 5.24. The lowest BCUT2D eigenvalue weighted by Crippen LogP contribution is -2.46. The minimum atomic E-state index is -0.222. The molecule has 1 unspecified atom stereocenters. The van der Waals surface area contributed by atoms with Crippen molar-refractivity contribution in [1.29, 1.82) is 5.41 Å². The number of benzene rings is 1. The summed E-state index contributed by atoms with van der Waals surface area (Å²) in [5.74, 6) is 0.622. The summed E-state index contributed by atoms with van der Waals surface area (Å²) < 4.78 is 0. The lowest BCUT2D eigenvalue weighted by atomic mass is 10.2. The highest BCUT2D eigenvalue weighted by Crippen LogP contribution is 2.28. The zero-order valence-electron chi connectivity index (χ0n) is 11.3. The van der Waals surface area contributed by atoms with Gasteiger partial charge in [0.05, 0.1) is 5.37 Å². The lowest BCUT2D eigenvalue weighted by Gasteiger charge is -2.31. The van der Waals surface area contributed by atoms with Crippen LogP contribution in [-0.4, -0.2) is 27.9 Å². The average Bonchev–Trinajstić information content (AvgIpc) is 2.47. The molecule has 0 bridgehead atoms. The molecule has 1 aromatic rings. The summed E-state index contributed by atoms with van der Waals surface area (Å²) in [4.78, 5) is 13.7. The van der Waals surface area contributed by atoms with E-state index in [1.165, 1.54) is 17.4 Å². The topological polar surface area (TPSA) is 70.2 Å². The highest BCUT2D eigenvalue weighted by molar-refractivity contribution is 7.99. The van der Waals surface area contributed by atoms with Gasteiger partial charge in [0.25, 0.3) is 5.91 Å². The molecule has 20 heavy (non-hydrogen) atoms. The first-order valence-electron chi connectivity index (χ1n) is 6.70. The number of hydrogen-bond donors (Lipinski definition) is 2. The van der Waals surface area contributed by atoms with Gasteiger partial charge in [-0.05, 0) is 36.7 Å². The molecule has 0 aliphatic carbocycles. The molecule has 5 heteroatoms. The predicted molar refractivity (Wildman–Crippen MR) is 84.3 cm³/mol. The Bertz CT molecular complexity index is 495. The minimum absolute atomic E-state index is 0.00540. The van der Waals surface area contributed by atoms with Gasteiger partial charge in [0.1, 0.15) is 0 Å². The van der Waals surface area contributed by atoms with Crippen LogP contribution in [-0.2, 0) is 4.79 Å². The van der Waals surface area contributed by atoms with Crippen LogP contribution in [0.1, 0.15) is 24.8 Å². The SMILES string of the molecule is N=C(N)N(C(=O)C=Cc1ccccc1)C1CCCCS1. The van der Waals surface area contributed by atoms with Gasteiger partial charge in [-0.3, -0.25) is 15.1 Å². The van der Waals surface area contributed by atoms with E-state index in [9.17, 15) is 4.79 Å². The van der Waals surface area contributed by atoms with Gasteiger partial charge in [-0.25, -0.2) is 0 Å². The fourth-order valence-corrected chi connectivity index (χ4v) is 3.50. The van der Waals surface area contributed by atoms with Gasteiger partial charge in [-0.15, -0.1) is 11.8 Å². The molecule has 1 fully saturated rings. The first-order chi connectivity index (χ1) is 9.68. The van der Waals surface area contributed by atoms with Crippen LogP contribution in [0.3, 0.4) is 0 Å². The normalized spacial score (nSPS) is 18.9. The number of rotatable bonds is 3. The molecule has 1 heterocycles. The van der Waals surface area contributed by atoms with Crippen LogP contribution in [0.15, 0.2) is 36.4 Å². The number of nitrogens with one attached hydrogen (secondary N) is 1. The summed E-state index contributed by atoms with van der Waals surface area (Å²) in [6.07, 6.45) is 6.39. The molecule has 3 N–H and O–H groups in total. The van der Waals surface area contributed by atoms with E-state index in [4.69, 9.17) is 11.1 Å². The van der Waals surface area contributed by atoms with Crippen LogP contribution < -0.4 is 5.73 Å². The molecule has 1 amide bonds. The van der Waals surface area contributed by atoms with E-state index in [1.807, 2.05) is 30.3 Å². The van der Waals surface area contributed by atoms with Crippen LogP contribution in [0.4, 0.5) is 0 Å². The number of guanidine groups is 1. The third-order valence-electron chi connectivity index (χ3n) is 3.16. The van der Waals surface area contributed by atoms with Crippen LogP contribution in [0.2, 0.25) is 0 Å². The summed E-state index contributed by atoms with van der Waals surface area (Å²) >= 11 is 1.70. The third-order valence-corrected chi connectivity index (χ3v) is 4.51. The van der Waals surface area contributed by atoms with E-state index >= 15 is 0 Å². The van der Waals surface area contributed by atoms with Crippen LogP contribution in [0.25, 0.3) is 6.08 Å². The van der Waals surface area contributed by atoms with Crippen molar-refractivity contribution in [1.82, 2.24) is 4.90 Å². The molecule has 1 aliphatic heterocycles. The molecule has 1 saturated heterocycles. The molecule has 1 atom stereocenters. The van der Waals surface area contributed by atoms with E-state index in [1.54, 1.807) is 17.8 Å². The van der Waals surface area contributed by atoms with Gasteiger partial charge in [-0.1, -0.05) is 30.3 Å². The van der Waals surface area contributed by atoms with Crippen molar-refractivity contribution in [3.05, 3.63) is 42.0 Å². The highest BCUT2D eigenvalue weighted by Gasteiger charge is 2.26. The molecular formula is C15H19N3OS. The Morgan fingerprint density at radius 2 is 2.10 bits per heavy atom. The van der Waals surface area contributed by atoms with Gasteiger partial charge < -0.3 is 5.73 Å². The van der Waals surface area contributed by atoms with Crippen molar-refractivity contribution in [2.45, 2.75) is 24.6 Å². The second-order valence-corrected chi connectivity index (χ2v) is 5.94. The molecule has 106 valence electrons. The number of carbonyl (C=O) groups is 1. The van der Waals surface area contributed by atoms with E-state index in [0.717, 1.165) is 24.2 Å². The Hall–Kier alpha value is -1.75. The van der Waals surface area contributed by atoms with Crippen molar-refractivity contribution in [3.8, 4) is 0 Å². The fourth-order valence-electron chi connectivity index (χ4n) is 2.16. The summed E-state index contributed by atoms with van der Waals surface area (Å²) in [6, 6.07) is 9.63. The Balaban J connectivity index is 2.07. The number of carbonyl (C=O) groups excluding carboxylic acids is 1. The molecule has 1 aliphatic rings. The van der Waals surface area contributed by atoms with Crippen LogP contribution in [0.5, 0.6) is 0 Å². The minimum Gasteiger partial charge on any atom is -0.370 e. The maximum atomic E-state index is 12.3. The van der Waals surface area contributed by atoms with Gasteiger partial charge >= 0.3 is 0 Å². The zero-order valence-corrected chi connectivity index (χ0v) is 12.1. The van der Waals surface area contributed by atoms with Crippen LogP contribution in [0, 0.1) is 5.41 Å². The second kappa shape index (κ2) is 7.14. The monoisotopic (exact) mass is 289 g/mol. The Labute approximate surface area is 123 Å². The van der Waals surface area contributed by atoms with E-state index in [0.29, 0.717) is 0 Å². The van der Waals surface area contributed by atoms with Gasteiger partial charge in [0.2, 0.25) is 0 Å². The third kappa shape index (κ3) is 3.87. The molecule has 0 radical (unpaired) electrons. The number of nitrogens with zero attached hydrogens (tertiary/aromatic N) is 1. The molecule has 2 rings (SSSR count). The standard InChI is InChI=1S/C15H19N3OS/c16-15(17)18(14-8-4-5-11-20-14)13(19)10-9-12-6-2-1-3-7-12/h1-3,6-7,9-10,14H,4-5,8,11H2,(H3,16,17). The summed E-state index contributed by atoms with van der Waals surface area (Å²) in [7, 11) is 0. The zero-order chi connectivity index (χ0) is 14.4. The molecule has 0 spiro atoms. The number of thioether (sulfide) groups is 1. The van der Waals surface area contributed by atoms with Gasteiger partial charge in [0, 0.05) is 6.08 Å². The maximum Gasteiger partial charge on any atom is 0.254 e. The Morgan fingerprint density at radius 3 is 2.70 bits per heavy atom. The van der Waals surface area contributed by atoms with E-state index in [2.05, 4.69) is 0 Å². The van der Waals surface area contributed by atoms with Gasteiger partial charge in [-0.2, -0.15) is 0 Å². The first-order valence-corrected chi connectivity index (χ1v) is 7.75. The molecule has 1 aromatic carbocycles. The number of hydrogen-bond acceptors (Lipinski definition) is 3. The largest absolute Gasteiger partial charge is 0.370 e. The quantitative estimate of drug-likeness (QED) is 0.510. The lowest BCUT2D eigenvalue weighted by molar-refractivity contribution is -0.123. The van der Waals surface area contributed by atoms with E-state index < -0.39 is 0 Å². The number of nitrogens with two attached hydrogens (primary N) is 1. The predicted octanol–water partition coefficient (Wildman–Crippen LogP) is 2.67. The van der Waals surface area contributed by atoms with Crippen LogP contribution >= 0.6 is 11.8 Å². The van der Waals surface area contributed by atoms with Crippen molar-refractivity contribution in [2.75, 3.05) is 5.75 Å². The van der Waals surface area contributed by atoms with Crippen molar-refractivity contribution < 1.29 is 4.79 Å². The van der Waals surface area contributed by atoms with Gasteiger partial charge in [0.15, 0.2) is 5.96 Å². The second-order valence-electron chi connectivity index (χ2n) is 4.66. The Morgan fingerprint density at radius 1 is 1.35 bits per heavy atom. The molecule has 0 aromatic heterocycles. The van der Waals surface area contributed by atoms with Crippen molar-refractivity contribution >= 4 is 29.7 Å². The molecule has 4 nitrogen and oxygen atoms in total. The van der Waals surface area contributed by atoms with Crippen molar-refractivity contribution in [2.24, 2.45) is 5.73 Å². The van der Waals surface area contributed by atoms with Crippen molar-refractivity contribution in [3.63, 3.8) is 0 Å². The average molecular weight is 289 g/mol.